The predicted molar refractivity (Wildman–Crippen MR) is 77.7 cm³/mol. The second-order valence-corrected chi connectivity index (χ2v) is 6.39. The normalized spacial score (nSPS) is 28.0. The minimum Gasteiger partial charge on any atom is -0.461 e. The van der Waals surface area contributed by atoms with Gasteiger partial charge in [-0.05, 0) is 44.2 Å². The van der Waals surface area contributed by atoms with Gasteiger partial charge in [0.1, 0.15) is 18.2 Å². The fourth-order valence-electron chi connectivity index (χ4n) is 3.89. The van der Waals surface area contributed by atoms with Crippen molar-refractivity contribution in [3.05, 3.63) is 35.4 Å². The van der Waals surface area contributed by atoms with Crippen molar-refractivity contribution in [1.82, 2.24) is 0 Å². The van der Waals surface area contributed by atoms with Crippen LogP contribution in [0, 0.1) is 17.6 Å². The standard InChI is InChI=1S/C17H21F2NO2/c18-13-6-7-14(15(19)10-13)17(21)22-11-12-4-3-9-20-8-2-1-5-16(12)20/h6-7,10,12,16H,1-5,8-9,11H2/p+1/t12-,16+/m1/s1. The largest absolute Gasteiger partial charge is 0.461 e. The van der Waals surface area contributed by atoms with E-state index in [0.717, 1.165) is 25.0 Å². The zero-order valence-electron chi connectivity index (χ0n) is 12.6. The monoisotopic (exact) mass is 310 g/mol. The zero-order valence-corrected chi connectivity index (χ0v) is 12.6. The summed E-state index contributed by atoms with van der Waals surface area (Å²) in [6.45, 7) is 2.76. The molecule has 0 bridgehead atoms. The molecule has 2 aliphatic rings. The molecule has 1 unspecified atom stereocenters. The van der Waals surface area contributed by atoms with E-state index < -0.39 is 17.6 Å². The van der Waals surface area contributed by atoms with E-state index in [0.29, 0.717) is 24.6 Å². The summed E-state index contributed by atoms with van der Waals surface area (Å²) < 4.78 is 31.8. The molecule has 3 nitrogen and oxygen atoms in total. The van der Waals surface area contributed by atoms with Crippen LogP contribution in [0.1, 0.15) is 42.5 Å². The maximum Gasteiger partial charge on any atom is 0.341 e. The molecule has 0 spiro atoms. The van der Waals surface area contributed by atoms with E-state index in [2.05, 4.69) is 0 Å². The number of nitrogens with one attached hydrogen (secondary N) is 1. The predicted octanol–water partition coefficient (Wildman–Crippen LogP) is 1.97. The summed E-state index contributed by atoms with van der Waals surface area (Å²) in [4.78, 5) is 13.6. The van der Waals surface area contributed by atoms with E-state index in [1.807, 2.05) is 0 Å². The maximum absolute atomic E-state index is 13.6. The summed E-state index contributed by atoms with van der Waals surface area (Å²) in [7, 11) is 0. The molecular weight excluding hydrogens is 288 g/mol. The Morgan fingerprint density at radius 3 is 2.82 bits per heavy atom. The van der Waals surface area contributed by atoms with Crippen LogP contribution in [0.5, 0.6) is 0 Å². The highest BCUT2D eigenvalue weighted by Gasteiger charge is 2.37. The van der Waals surface area contributed by atoms with Crippen LogP contribution in [-0.2, 0) is 4.74 Å². The fourth-order valence-corrected chi connectivity index (χ4v) is 3.89. The van der Waals surface area contributed by atoms with Crippen molar-refractivity contribution < 1.29 is 23.2 Å². The number of hydrogen-bond acceptors (Lipinski definition) is 2. The summed E-state index contributed by atoms with van der Waals surface area (Å²) in [6.07, 6.45) is 5.92. The van der Waals surface area contributed by atoms with E-state index in [9.17, 15) is 13.6 Å². The van der Waals surface area contributed by atoms with Crippen LogP contribution in [0.2, 0.25) is 0 Å². The lowest BCUT2D eigenvalue weighted by Crippen LogP contribution is -3.18. The van der Waals surface area contributed by atoms with Crippen LogP contribution in [-0.4, -0.2) is 31.7 Å². The van der Waals surface area contributed by atoms with Crippen molar-refractivity contribution in [2.75, 3.05) is 19.7 Å². The molecule has 1 aromatic rings. The third-order valence-corrected chi connectivity index (χ3v) is 5.01. The summed E-state index contributed by atoms with van der Waals surface area (Å²) in [5.74, 6) is -1.89. The van der Waals surface area contributed by atoms with E-state index >= 15 is 0 Å². The van der Waals surface area contributed by atoms with Crippen LogP contribution in [0.4, 0.5) is 8.78 Å². The van der Waals surface area contributed by atoms with E-state index in [4.69, 9.17) is 4.74 Å². The first kappa shape index (κ1) is 15.4. The molecule has 0 amide bonds. The second kappa shape index (κ2) is 6.73. The minimum absolute atomic E-state index is 0.190. The Hall–Kier alpha value is -1.49. The van der Waals surface area contributed by atoms with Gasteiger partial charge in [-0.1, -0.05) is 0 Å². The number of benzene rings is 1. The number of halogens is 2. The molecule has 0 radical (unpaired) electrons. The topological polar surface area (TPSA) is 30.7 Å². The summed E-state index contributed by atoms with van der Waals surface area (Å²) in [5, 5.41) is 0. The number of quaternary nitrogens is 1. The first-order valence-electron chi connectivity index (χ1n) is 8.12. The van der Waals surface area contributed by atoms with Gasteiger partial charge >= 0.3 is 5.97 Å². The molecule has 22 heavy (non-hydrogen) atoms. The zero-order chi connectivity index (χ0) is 15.5. The number of rotatable bonds is 3. The number of ether oxygens (including phenoxy) is 1. The van der Waals surface area contributed by atoms with Crippen molar-refractivity contribution in [3.63, 3.8) is 0 Å². The highest BCUT2D eigenvalue weighted by atomic mass is 19.1. The molecule has 2 heterocycles. The van der Waals surface area contributed by atoms with Crippen LogP contribution in [0.25, 0.3) is 0 Å². The average Bonchev–Trinajstić information content (AvgIpc) is 2.52. The molecule has 2 aliphatic heterocycles. The van der Waals surface area contributed by atoms with Gasteiger partial charge in [0.05, 0.1) is 24.7 Å². The van der Waals surface area contributed by atoms with Gasteiger partial charge in [0, 0.05) is 12.0 Å². The van der Waals surface area contributed by atoms with E-state index in [1.54, 1.807) is 4.90 Å². The van der Waals surface area contributed by atoms with Crippen LogP contribution in [0.15, 0.2) is 18.2 Å². The Labute approximate surface area is 129 Å². The smallest absolute Gasteiger partial charge is 0.341 e. The molecule has 0 aliphatic carbocycles. The Balaban J connectivity index is 1.60. The van der Waals surface area contributed by atoms with Crippen molar-refractivity contribution >= 4 is 5.97 Å². The molecule has 0 saturated carbocycles. The van der Waals surface area contributed by atoms with Crippen molar-refractivity contribution in [1.29, 1.82) is 0 Å². The van der Waals surface area contributed by atoms with Gasteiger partial charge in [-0.15, -0.1) is 0 Å². The Kier molecular flexibility index (Phi) is 4.71. The first-order valence-corrected chi connectivity index (χ1v) is 8.12. The highest BCUT2D eigenvalue weighted by molar-refractivity contribution is 5.89. The molecule has 2 saturated heterocycles. The van der Waals surface area contributed by atoms with Gasteiger partial charge in [-0.2, -0.15) is 0 Å². The number of carbonyl (C=O) groups excluding carboxylic acids is 1. The van der Waals surface area contributed by atoms with E-state index in [-0.39, 0.29) is 5.56 Å². The number of hydrogen-bond donors (Lipinski definition) is 1. The lowest BCUT2D eigenvalue weighted by molar-refractivity contribution is -0.940. The molecule has 1 N–H and O–H groups in total. The van der Waals surface area contributed by atoms with Crippen molar-refractivity contribution in [2.45, 2.75) is 38.1 Å². The molecule has 5 heteroatoms. The first-order chi connectivity index (χ1) is 10.6. The number of carbonyl (C=O) groups is 1. The highest BCUT2D eigenvalue weighted by Crippen LogP contribution is 2.21. The summed E-state index contributed by atoms with van der Waals surface area (Å²) in [5.41, 5.74) is -0.190. The summed E-state index contributed by atoms with van der Waals surface area (Å²) >= 11 is 0. The van der Waals surface area contributed by atoms with Crippen LogP contribution >= 0.6 is 0 Å². The van der Waals surface area contributed by atoms with Gasteiger partial charge in [-0.25, -0.2) is 13.6 Å². The molecular formula is C17H22F2NO2+. The van der Waals surface area contributed by atoms with E-state index in [1.165, 1.54) is 32.4 Å². The molecule has 1 aromatic carbocycles. The quantitative estimate of drug-likeness (QED) is 0.865. The fraction of sp³-hybridized carbons (Fsp3) is 0.588. The van der Waals surface area contributed by atoms with Gasteiger partial charge in [-0.3, -0.25) is 0 Å². The molecule has 2 fully saturated rings. The Morgan fingerprint density at radius 2 is 2.00 bits per heavy atom. The van der Waals surface area contributed by atoms with Gasteiger partial charge in [0.15, 0.2) is 0 Å². The molecule has 3 atom stereocenters. The average molecular weight is 310 g/mol. The lowest BCUT2D eigenvalue weighted by atomic mass is 9.84. The number of esters is 1. The second-order valence-electron chi connectivity index (χ2n) is 6.39. The third kappa shape index (κ3) is 3.29. The Morgan fingerprint density at radius 1 is 1.18 bits per heavy atom. The molecule has 0 aromatic heterocycles. The van der Waals surface area contributed by atoms with Crippen molar-refractivity contribution in [2.24, 2.45) is 5.92 Å². The lowest BCUT2D eigenvalue weighted by Gasteiger charge is -2.40. The van der Waals surface area contributed by atoms with Gasteiger partial charge in [0.2, 0.25) is 0 Å². The summed E-state index contributed by atoms with van der Waals surface area (Å²) in [6, 6.07) is 3.50. The maximum atomic E-state index is 13.6. The Bertz CT molecular complexity index is 547. The molecule has 120 valence electrons. The third-order valence-electron chi connectivity index (χ3n) is 5.01. The van der Waals surface area contributed by atoms with Gasteiger partial charge in [0.25, 0.3) is 0 Å². The molecule has 3 rings (SSSR count). The van der Waals surface area contributed by atoms with Crippen molar-refractivity contribution in [3.8, 4) is 0 Å². The van der Waals surface area contributed by atoms with Crippen LogP contribution in [0.3, 0.4) is 0 Å². The van der Waals surface area contributed by atoms with Gasteiger partial charge < -0.3 is 9.64 Å². The van der Waals surface area contributed by atoms with Crippen LogP contribution < -0.4 is 4.90 Å². The minimum atomic E-state index is -0.862. The SMILES string of the molecule is O=C(OC[C@H]1CCC[NH+]2CCCC[C@@H]12)c1ccc(F)cc1F. The number of piperidine rings is 2. The number of fused-ring (bicyclic) bond motifs is 1.